The van der Waals surface area contributed by atoms with Gasteiger partial charge in [-0.15, -0.1) is 0 Å². The van der Waals surface area contributed by atoms with Crippen molar-refractivity contribution in [2.24, 2.45) is 0 Å². The van der Waals surface area contributed by atoms with Crippen LogP contribution in [0.5, 0.6) is 0 Å². The van der Waals surface area contributed by atoms with Gasteiger partial charge in [0.15, 0.2) is 5.58 Å². The zero-order valence-electron chi connectivity index (χ0n) is 20.7. The molecule has 1 saturated heterocycles. The van der Waals surface area contributed by atoms with Crippen LogP contribution < -0.4 is 4.90 Å². The Labute approximate surface area is 218 Å². The van der Waals surface area contributed by atoms with Gasteiger partial charge in [0.05, 0.1) is 17.7 Å². The lowest BCUT2D eigenvalue weighted by atomic mass is 9.92. The lowest BCUT2D eigenvalue weighted by molar-refractivity contribution is -0.123. The first-order chi connectivity index (χ1) is 18.5. The summed E-state index contributed by atoms with van der Waals surface area (Å²) >= 11 is 0. The van der Waals surface area contributed by atoms with E-state index >= 15 is 0 Å². The number of halogens is 1. The van der Waals surface area contributed by atoms with Gasteiger partial charge in [-0.1, -0.05) is 43.5 Å². The molecule has 8 heteroatoms. The summed E-state index contributed by atoms with van der Waals surface area (Å²) in [7, 11) is 0. The highest BCUT2D eigenvalue weighted by Gasteiger charge is 2.47. The summed E-state index contributed by atoms with van der Waals surface area (Å²) in [5.74, 6) is -1.61. The van der Waals surface area contributed by atoms with Crippen LogP contribution in [0.2, 0.25) is 0 Å². The molecule has 0 N–H and O–H groups in total. The molecule has 2 aliphatic rings. The number of amides is 3. The fourth-order valence-corrected chi connectivity index (χ4v) is 5.55. The SMILES string of the molecule is O=C1CC(N(C(=O)c2ccccc2F)C2CCCCC2)C(=O)N1c1ccc(-c2nc3ccccc3o2)cc1. The van der Waals surface area contributed by atoms with Gasteiger partial charge in [0.2, 0.25) is 11.8 Å². The van der Waals surface area contributed by atoms with Crippen molar-refractivity contribution >= 4 is 34.5 Å². The minimum Gasteiger partial charge on any atom is -0.436 e. The molecule has 7 nitrogen and oxygen atoms in total. The number of hydrogen-bond donors (Lipinski definition) is 0. The first-order valence-electron chi connectivity index (χ1n) is 12.9. The largest absolute Gasteiger partial charge is 0.436 e. The maximum absolute atomic E-state index is 14.6. The molecule has 0 bridgehead atoms. The van der Waals surface area contributed by atoms with Crippen molar-refractivity contribution in [3.05, 3.63) is 84.2 Å². The molecule has 6 rings (SSSR count). The predicted octanol–water partition coefficient (Wildman–Crippen LogP) is 5.74. The number of carbonyl (C=O) groups excluding carboxylic acids is 3. The molecular formula is C30H26FN3O4. The van der Waals surface area contributed by atoms with Gasteiger partial charge >= 0.3 is 0 Å². The van der Waals surface area contributed by atoms with Gasteiger partial charge in [0.25, 0.3) is 11.8 Å². The molecule has 3 amide bonds. The van der Waals surface area contributed by atoms with Crippen molar-refractivity contribution < 1.29 is 23.2 Å². The average molecular weight is 512 g/mol. The molecule has 38 heavy (non-hydrogen) atoms. The standard InChI is InChI=1S/C30H26FN3O4/c31-23-11-5-4-10-22(23)29(36)33(20-8-2-1-3-9-20)25-18-27(35)34(30(25)37)21-16-14-19(15-17-21)28-32-24-12-6-7-13-26(24)38-28/h4-7,10-17,20,25H,1-3,8-9,18H2. The van der Waals surface area contributed by atoms with Gasteiger partial charge < -0.3 is 9.32 Å². The summed E-state index contributed by atoms with van der Waals surface area (Å²) in [5.41, 5.74) is 2.44. The smallest absolute Gasteiger partial charge is 0.257 e. The number of aromatic nitrogens is 1. The maximum atomic E-state index is 14.6. The van der Waals surface area contributed by atoms with Crippen molar-refractivity contribution in [1.82, 2.24) is 9.88 Å². The Balaban J connectivity index is 1.29. The molecule has 2 heterocycles. The molecule has 3 aromatic carbocycles. The van der Waals surface area contributed by atoms with Crippen molar-refractivity contribution in [3.8, 4) is 11.5 Å². The quantitative estimate of drug-likeness (QED) is 0.319. The Morgan fingerprint density at radius 2 is 1.63 bits per heavy atom. The van der Waals surface area contributed by atoms with Gasteiger partial charge in [-0.3, -0.25) is 14.4 Å². The van der Waals surface area contributed by atoms with E-state index < -0.39 is 29.6 Å². The molecule has 1 unspecified atom stereocenters. The molecule has 192 valence electrons. The van der Waals surface area contributed by atoms with Crippen LogP contribution >= 0.6 is 0 Å². The summed E-state index contributed by atoms with van der Waals surface area (Å²) in [6.07, 6.45) is 4.19. The second-order valence-corrected chi connectivity index (χ2v) is 9.81. The fourth-order valence-electron chi connectivity index (χ4n) is 5.55. The van der Waals surface area contributed by atoms with Gasteiger partial charge in [-0.2, -0.15) is 0 Å². The van der Waals surface area contributed by atoms with Crippen molar-refractivity contribution in [2.75, 3.05) is 4.90 Å². The van der Waals surface area contributed by atoms with E-state index in [4.69, 9.17) is 4.42 Å². The number of carbonyl (C=O) groups is 3. The minimum absolute atomic E-state index is 0.0838. The van der Waals surface area contributed by atoms with Crippen LogP contribution in [0.1, 0.15) is 48.9 Å². The van der Waals surface area contributed by atoms with Crippen LogP contribution in [0.25, 0.3) is 22.6 Å². The van der Waals surface area contributed by atoms with Crippen molar-refractivity contribution in [1.29, 1.82) is 0 Å². The third-order valence-corrected chi connectivity index (χ3v) is 7.43. The Morgan fingerprint density at radius 1 is 0.921 bits per heavy atom. The normalized spacial score (nSPS) is 18.3. The summed E-state index contributed by atoms with van der Waals surface area (Å²) < 4.78 is 20.4. The molecule has 2 fully saturated rings. The maximum Gasteiger partial charge on any atom is 0.257 e. The Kier molecular flexibility index (Phi) is 6.23. The number of benzene rings is 3. The third kappa shape index (κ3) is 4.26. The Morgan fingerprint density at radius 3 is 2.37 bits per heavy atom. The predicted molar refractivity (Wildman–Crippen MR) is 140 cm³/mol. The van der Waals surface area contributed by atoms with Crippen LogP contribution in [0, 0.1) is 5.82 Å². The van der Waals surface area contributed by atoms with Gasteiger partial charge in [0.1, 0.15) is 17.4 Å². The van der Waals surface area contributed by atoms with Crippen molar-refractivity contribution in [2.45, 2.75) is 50.6 Å². The van der Waals surface area contributed by atoms with Crippen LogP contribution in [-0.2, 0) is 9.59 Å². The second-order valence-electron chi connectivity index (χ2n) is 9.81. The van der Waals surface area contributed by atoms with E-state index in [1.807, 2.05) is 24.3 Å². The molecule has 1 aliphatic heterocycles. The minimum atomic E-state index is -0.977. The monoisotopic (exact) mass is 511 g/mol. The highest BCUT2D eigenvalue weighted by Crippen LogP contribution is 2.33. The van der Waals surface area contributed by atoms with E-state index in [1.54, 1.807) is 30.3 Å². The fraction of sp³-hybridized carbons (Fsp3) is 0.267. The molecule has 1 aliphatic carbocycles. The molecule has 1 aromatic heterocycles. The number of para-hydroxylation sites is 2. The number of hydrogen-bond acceptors (Lipinski definition) is 5. The molecule has 1 saturated carbocycles. The number of fused-ring (bicyclic) bond motifs is 1. The first kappa shape index (κ1) is 24.0. The van der Waals surface area contributed by atoms with Crippen molar-refractivity contribution in [3.63, 3.8) is 0 Å². The molecule has 4 aromatic rings. The number of rotatable bonds is 5. The van der Waals surface area contributed by atoms with Crippen LogP contribution in [0.4, 0.5) is 10.1 Å². The number of nitrogens with zero attached hydrogens (tertiary/aromatic N) is 3. The molecule has 0 radical (unpaired) electrons. The van der Waals surface area contributed by atoms with E-state index in [0.717, 1.165) is 42.5 Å². The Hall–Kier alpha value is -4.33. The topological polar surface area (TPSA) is 83.7 Å². The lowest BCUT2D eigenvalue weighted by Gasteiger charge is -2.37. The summed E-state index contributed by atoms with van der Waals surface area (Å²) in [6, 6.07) is 18.9. The van der Waals surface area contributed by atoms with Gasteiger partial charge in [-0.25, -0.2) is 14.3 Å². The Bertz CT molecular complexity index is 1490. The summed E-state index contributed by atoms with van der Waals surface area (Å²) in [5, 5.41) is 0. The average Bonchev–Trinajstić information content (AvgIpc) is 3.50. The highest BCUT2D eigenvalue weighted by molar-refractivity contribution is 6.23. The number of imide groups is 1. The first-order valence-corrected chi connectivity index (χ1v) is 12.9. The summed E-state index contributed by atoms with van der Waals surface area (Å²) in [6.45, 7) is 0. The third-order valence-electron chi connectivity index (χ3n) is 7.43. The summed E-state index contributed by atoms with van der Waals surface area (Å²) in [4.78, 5) is 47.5. The van der Waals surface area contributed by atoms with Crippen LogP contribution in [0.3, 0.4) is 0 Å². The molecule has 0 spiro atoms. The van der Waals surface area contributed by atoms with E-state index in [1.165, 1.54) is 23.1 Å². The lowest BCUT2D eigenvalue weighted by Crippen LogP contribution is -2.51. The van der Waals surface area contributed by atoms with E-state index in [0.29, 0.717) is 22.7 Å². The van der Waals surface area contributed by atoms with E-state index in [9.17, 15) is 18.8 Å². The highest BCUT2D eigenvalue weighted by atomic mass is 19.1. The van der Waals surface area contributed by atoms with Gasteiger partial charge in [-0.05, 0) is 61.4 Å². The number of anilines is 1. The second kappa shape index (κ2) is 9.85. The van der Waals surface area contributed by atoms with Crippen LogP contribution in [0.15, 0.2) is 77.2 Å². The zero-order chi connectivity index (χ0) is 26.2. The molecule has 1 atom stereocenters. The zero-order valence-corrected chi connectivity index (χ0v) is 20.7. The van der Waals surface area contributed by atoms with E-state index in [-0.39, 0.29) is 18.0 Å². The molecular weight excluding hydrogens is 485 g/mol. The van der Waals surface area contributed by atoms with E-state index in [2.05, 4.69) is 4.98 Å². The number of oxazole rings is 1. The van der Waals surface area contributed by atoms with Crippen LogP contribution in [-0.4, -0.2) is 39.7 Å². The van der Waals surface area contributed by atoms with Gasteiger partial charge in [0, 0.05) is 11.6 Å².